The Morgan fingerprint density at radius 3 is 2.74 bits per heavy atom. The standard InChI is InChI=1S/C18H20F2N6O/c1-3-25-7-6-12(23-25)10(2)21-18(27)14-9-16-22-13(11-4-5-11)8-15(17(19)20)26(16)24-14/h6-11,17H,3-5H2,1-2H3,(H,21,27). The first kappa shape index (κ1) is 17.6. The number of carbonyl (C=O) groups is 1. The van der Waals surface area contributed by atoms with Crippen molar-refractivity contribution in [3.8, 4) is 0 Å². The molecule has 0 spiro atoms. The van der Waals surface area contributed by atoms with E-state index in [-0.39, 0.29) is 29.0 Å². The van der Waals surface area contributed by atoms with Crippen LogP contribution in [0.1, 0.15) is 72.6 Å². The zero-order valence-electron chi connectivity index (χ0n) is 15.1. The molecule has 7 nitrogen and oxygen atoms in total. The van der Waals surface area contributed by atoms with Crippen LogP contribution in [0.4, 0.5) is 8.78 Å². The zero-order chi connectivity index (χ0) is 19.1. The van der Waals surface area contributed by atoms with Crippen molar-refractivity contribution in [2.24, 2.45) is 0 Å². The van der Waals surface area contributed by atoms with Gasteiger partial charge < -0.3 is 5.32 Å². The first-order valence-corrected chi connectivity index (χ1v) is 8.99. The van der Waals surface area contributed by atoms with Gasteiger partial charge in [0.1, 0.15) is 5.69 Å². The first-order chi connectivity index (χ1) is 13.0. The molecule has 9 heteroatoms. The molecule has 1 unspecified atom stereocenters. The molecule has 142 valence electrons. The molecule has 1 saturated carbocycles. The predicted octanol–water partition coefficient (Wildman–Crippen LogP) is 3.25. The van der Waals surface area contributed by atoms with Crippen molar-refractivity contribution < 1.29 is 13.6 Å². The Kier molecular flexibility index (Phi) is 4.37. The normalized spacial score (nSPS) is 15.4. The number of fused-ring (bicyclic) bond motifs is 1. The Labute approximate surface area is 154 Å². The third-order valence-electron chi connectivity index (χ3n) is 4.70. The SMILES string of the molecule is CCn1ccc(C(C)NC(=O)c2cc3nc(C4CC4)cc(C(F)F)n3n2)n1. The number of amides is 1. The van der Waals surface area contributed by atoms with Crippen molar-refractivity contribution in [2.45, 2.75) is 51.6 Å². The summed E-state index contributed by atoms with van der Waals surface area (Å²) in [5.41, 5.74) is 1.44. The van der Waals surface area contributed by atoms with Crippen molar-refractivity contribution in [2.75, 3.05) is 0 Å². The Balaban J connectivity index is 1.61. The summed E-state index contributed by atoms with van der Waals surface area (Å²) in [5.74, 6) is -0.222. The molecule has 0 saturated heterocycles. The summed E-state index contributed by atoms with van der Waals surface area (Å²) in [6, 6.07) is 4.34. The molecule has 1 fully saturated rings. The number of nitrogens with one attached hydrogen (secondary N) is 1. The minimum atomic E-state index is -2.69. The number of carbonyl (C=O) groups excluding carboxylic acids is 1. The second-order valence-corrected chi connectivity index (χ2v) is 6.77. The zero-order valence-corrected chi connectivity index (χ0v) is 15.1. The van der Waals surface area contributed by atoms with E-state index in [0.29, 0.717) is 5.69 Å². The molecule has 27 heavy (non-hydrogen) atoms. The smallest absolute Gasteiger partial charge is 0.280 e. The van der Waals surface area contributed by atoms with Gasteiger partial charge in [-0.2, -0.15) is 10.2 Å². The Morgan fingerprint density at radius 1 is 1.33 bits per heavy atom. The minimum Gasteiger partial charge on any atom is -0.342 e. The van der Waals surface area contributed by atoms with Crippen molar-refractivity contribution in [1.82, 2.24) is 29.7 Å². The second-order valence-electron chi connectivity index (χ2n) is 6.77. The van der Waals surface area contributed by atoms with Gasteiger partial charge in [0.15, 0.2) is 11.3 Å². The summed E-state index contributed by atoms with van der Waals surface area (Å²) in [5, 5.41) is 11.2. The lowest BCUT2D eigenvalue weighted by Crippen LogP contribution is -2.27. The van der Waals surface area contributed by atoms with E-state index in [2.05, 4.69) is 20.5 Å². The maximum atomic E-state index is 13.4. The fraction of sp³-hybridized carbons (Fsp3) is 0.444. The molecule has 0 aromatic carbocycles. The Bertz CT molecular complexity index is 991. The van der Waals surface area contributed by atoms with E-state index < -0.39 is 12.3 Å². The molecular weight excluding hydrogens is 354 g/mol. The van der Waals surface area contributed by atoms with Gasteiger partial charge in [0.2, 0.25) is 0 Å². The highest BCUT2D eigenvalue weighted by Gasteiger charge is 2.28. The summed E-state index contributed by atoms with van der Waals surface area (Å²) in [7, 11) is 0. The molecule has 0 bridgehead atoms. The van der Waals surface area contributed by atoms with E-state index >= 15 is 0 Å². The van der Waals surface area contributed by atoms with Gasteiger partial charge in [-0.25, -0.2) is 18.3 Å². The number of nitrogens with zero attached hydrogens (tertiary/aromatic N) is 5. The van der Waals surface area contributed by atoms with Crippen LogP contribution in [0.5, 0.6) is 0 Å². The molecule has 3 aromatic rings. The van der Waals surface area contributed by atoms with Gasteiger partial charge in [-0.3, -0.25) is 9.48 Å². The lowest BCUT2D eigenvalue weighted by atomic mass is 10.2. The van der Waals surface area contributed by atoms with E-state index in [1.165, 1.54) is 12.1 Å². The number of aryl methyl sites for hydroxylation is 1. The Morgan fingerprint density at radius 2 is 2.11 bits per heavy atom. The lowest BCUT2D eigenvalue weighted by Gasteiger charge is -2.10. The van der Waals surface area contributed by atoms with Crippen LogP contribution in [-0.2, 0) is 6.54 Å². The number of rotatable bonds is 6. The second kappa shape index (κ2) is 6.71. The van der Waals surface area contributed by atoms with Crippen LogP contribution < -0.4 is 5.32 Å². The van der Waals surface area contributed by atoms with Gasteiger partial charge in [0.05, 0.1) is 11.7 Å². The maximum Gasteiger partial charge on any atom is 0.280 e. The molecule has 4 rings (SSSR count). The monoisotopic (exact) mass is 374 g/mol. The predicted molar refractivity (Wildman–Crippen MR) is 93.7 cm³/mol. The molecule has 1 aliphatic carbocycles. The van der Waals surface area contributed by atoms with E-state index in [1.807, 2.05) is 26.1 Å². The molecule has 1 aliphatic rings. The fourth-order valence-electron chi connectivity index (χ4n) is 3.00. The number of alkyl halides is 2. The van der Waals surface area contributed by atoms with Crippen LogP contribution in [0, 0.1) is 0 Å². The molecule has 1 N–H and O–H groups in total. The quantitative estimate of drug-likeness (QED) is 0.719. The van der Waals surface area contributed by atoms with Gasteiger partial charge in [-0.15, -0.1) is 0 Å². The van der Waals surface area contributed by atoms with Crippen LogP contribution in [0.3, 0.4) is 0 Å². The van der Waals surface area contributed by atoms with Crippen molar-refractivity contribution in [3.05, 3.63) is 47.2 Å². The highest BCUT2D eigenvalue weighted by atomic mass is 19.3. The number of aromatic nitrogens is 5. The van der Waals surface area contributed by atoms with E-state index in [1.54, 1.807) is 4.68 Å². The lowest BCUT2D eigenvalue weighted by molar-refractivity contribution is 0.0932. The van der Waals surface area contributed by atoms with Gasteiger partial charge >= 0.3 is 0 Å². The van der Waals surface area contributed by atoms with Crippen LogP contribution in [-0.4, -0.2) is 30.3 Å². The Hall–Kier alpha value is -2.84. The molecule has 0 radical (unpaired) electrons. The van der Waals surface area contributed by atoms with Crippen molar-refractivity contribution >= 4 is 11.6 Å². The minimum absolute atomic E-state index is 0.0547. The van der Waals surface area contributed by atoms with E-state index in [0.717, 1.165) is 29.6 Å². The maximum absolute atomic E-state index is 13.4. The van der Waals surface area contributed by atoms with E-state index in [9.17, 15) is 13.6 Å². The highest BCUT2D eigenvalue weighted by Crippen LogP contribution is 2.40. The number of hydrogen-bond acceptors (Lipinski definition) is 4. The van der Waals surface area contributed by atoms with Crippen molar-refractivity contribution in [3.63, 3.8) is 0 Å². The van der Waals surface area contributed by atoms with Gasteiger partial charge in [0, 0.05) is 30.4 Å². The van der Waals surface area contributed by atoms with Gasteiger partial charge in [0.25, 0.3) is 12.3 Å². The summed E-state index contributed by atoms with van der Waals surface area (Å²) < 4.78 is 29.7. The summed E-state index contributed by atoms with van der Waals surface area (Å²) in [6.45, 7) is 4.52. The first-order valence-electron chi connectivity index (χ1n) is 8.99. The average Bonchev–Trinajstić information content (AvgIpc) is 3.22. The topological polar surface area (TPSA) is 77.1 Å². The molecule has 0 aliphatic heterocycles. The summed E-state index contributed by atoms with van der Waals surface area (Å²) in [4.78, 5) is 17.0. The van der Waals surface area contributed by atoms with Crippen molar-refractivity contribution in [1.29, 1.82) is 0 Å². The number of hydrogen-bond donors (Lipinski definition) is 1. The third kappa shape index (κ3) is 3.41. The van der Waals surface area contributed by atoms with Gasteiger partial charge in [-0.1, -0.05) is 0 Å². The van der Waals surface area contributed by atoms with Crippen LogP contribution in [0.2, 0.25) is 0 Å². The van der Waals surface area contributed by atoms with Gasteiger partial charge in [-0.05, 0) is 38.8 Å². The van der Waals surface area contributed by atoms with Crippen LogP contribution >= 0.6 is 0 Å². The van der Waals surface area contributed by atoms with Crippen LogP contribution in [0.25, 0.3) is 5.65 Å². The third-order valence-corrected chi connectivity index (χ3v) is 4.70. The molecule has 1 amide bonds. The fourth-order valence-corrected chi connectivity index (χ4v) is 3.00. The molecule has 1 atom stereocenters. The number of halogens is 2. The largest absolute Gasteiger partial charge is 0.342 e. The van der Waals surface area contributed by atoms with Crippen LogP contribution in [0.15, 0.2) is 24.4 Å². The summed E-state index contributed by atoms with van der Waals surface area (Å²) in [6.07, 6.45) is 1.05. The average molecular weight is 374 g/mol. The molecular formula is C18H20F2N6O. The molecule has 3 aromatic heterocycles. The molecule has 3 heterocycles. The summed E-state index contributed by atoms with van der Waals surface area (Å²) >= 11 is 0. The highest BCUT2D eigenvalue weighted by molar-refractivity contribution is 5.93. The van der Waals surface area contributed by atoms with E-state index in [4.69, 9.17) is 0 Å².